The van der Waals surface area contributed by atoms with E-state index >= 15 is 0 Å². The van der Waals surface area contributed by atoms with Gasteiger partial charge < -0.3 is 53.5 Å². The van der Waals surface area contributed by atoms with Crippen LogP contribution in [0.1, 0.15) is 56.2 Å². The first-order chi connectivity index (χ1) is 52.9. The summed E-state index contributed by atoms with van der Waals surface area (Å²) >= 11 is 26.2. The van der Waals surface area contributed by atoms with Crippen LogP contribution in [0, 0.1) is 0 Å². The first-order valence-electron chi connectivity index (χ1n) is 33.8. The Morgan fingerprint density at radius 3 is 1.28 bits per heavy atom. The van der Waals surface area contributed by atoms with Crippen molar-refractivity contribution in [3.05, 3.63) is 259 Å². The van der Waals surface area contributed by atoms with E-state index in [2.05, 4.69) is 62.8 Å². The molecule has 0 saturated carbocycles. The van der Waals surface area contributed by atoms with Crippen LogP contribution < -0.4 is 33.0 Å². The molecule has 1 amide bonds. The zero-order chi connectivity index (χ0) is 82.4. The third-order valence-electron chi connectivity index (χ3n) is 16.5. The van der Waals surface area contributed by atoms with E-state index in [-0.39, 0.29) is 63.1 Å². The molecular formula is C77H68BBr3Cl3F9N6O13. The third kappa shape index (κ3) is 26.0. The summed E-state index contributed by atoms with van der Waals surface area (Å²) in [6, 6.07) is 37.5. The smallest absolute Gasteiger partial charge is 0.480 e. The van der Waals surface area contributed by atoms with E-state index in [0.717, 1.165) is 67.5 Å². The third-order valence-corrected chi connectivity index (χ3v) is 18.9. The first-order valence-corrected chi connectivity index (χ1v) is 37.6. The van der Waals surface area contributed by atoms with Crippen molar-refractivity contribution < 1.29 is 83.3 Å². The molecule has 13 rings (SSSR count). The lowest BCUT2D eigenvalue weighted by Gasteiger charge is -2.16. The molecule has 0 aliphatic carbocycles. The van der Waals surface area contributed by atoms with Gasteiger partial charge >= 0.3 is 43.6 Å². The van der Waals surface area contributed by atoms with Crippen molar-refractivity contribution in [2.45, 2.75) is 77.7 Å². The fourth-order valence-corrected chi connectivity index (χ4v) is 12.6. The molecule has 2 aliphatic rings. The van der Waals surface area contributed by atoms with E-state index in [1.807, 2.05) is 42.5 Å². The number of fused-ring (bicyclic) bond motifs is 4. The molecule has 19 nitrogen and oxygen atoms in total. The molecule has 0 radical (unpaired) electrons. The van der Waals surface area contributed by atoms with Gasteiger partial charge in [-0.1, -0.05) is 137 Å². The molecule has 0 unspecified atom stereocenters. The van der Waals surface area contributed by atoms with E-state index in [4.69, 9.17) is 54.7 Å². The molecular weight excluding hydrogens is 1740 g/mol. The Hall–Kier alpha value is -9.12. The molecule has 6 heterocycles. The minimum atomic E-state index is -4.60. The Balaban J connectivity index is 0.000000193. The highest BCUT2D eigenvalue weighted by molar-refractivity contribution is 9.10. The second-order valence-electron chi connectivity index (χ2n) is 24.3. The number of carbonyl (C=O) groups excluding carboxylic acids is 3. The fourth-order valence-electron chi connectivity index (χ4n) is 11.0. The number of esters is 2. The number of ether oxygens (including phenoxy) is 2. The van der Waals surface area contributed by atoms with Crippen LogP contribution in [0.4, 0.5) is 39.5 Å². The van der Waals surface area contributed by atoms with Gasteiger partial charge in [-0.25, -0.2) is 0 Å². The van der Waals surface area contributed by atoms with Crippen LogP contribution in [0.3, 0.4) is 0 Å². The van der Waals surface area contributed by atoms with Crippen molar-refractivity contribution in [1.29, 1.82) is 0 Å². The average Bonchev–Trinajstić information content (AvgIpc) is 0.817. The Morgan fingerprint density at radius 2 is 0.866 bits per heavy atom. The number of aromatic nitrogens is 4. The summed E-state index contributed by atoms with van der Waals surface area (Å²) in [5, 5.41) is 33.3. The second kappa shape index (κ2) is 41.6. The molecule has 2 aliphatic heterocycles. The van der Waals surface area contributed by atoms with Crippen LogP contribution in [-0.4, -0.2) is 114 Å². The number of halogens is 15. The number of likely N-dealkylation sites (tertiary alicyclic amines) is 1. The number of alkyl halides is 10. The van der Waals surface area contributed by atoms with Gasteiger partial charge in [0.15, 0.2) is 0 Å². The predicted molar refractivity (Wildman–Crippen MR) is 424 cm³/mol. The van der Waals surface area contributed by atoms with Crippen LogP contribution in [-0.2, 0) is 66.8 Å². The quantitative estimate of drug-likeness (QED) is 0.0330. The summed E-state index contributed by atoms with van der Waals surface area (Å²) in [5.41, 5.74) is -2.94. The molecule has 7 aromatic carbocycles. The van der Waals surface area contributed by atoms with Crippen molar-refractivity contribution in [2.75, 3.05) is 44.7 Å². The minimum Gasteiger partial charge on any atom is -0.480 e. The number of H-pyrrole nitrogens is 1. The van der Waals surface area contributed by atoms with Gasteiger partial charge in [-0.15, -0.1) is 0 Å². The van der Waals surface area contributed by atoms with Crippen molar-refractivity contribution in [1.82, 2.24) is 28.9 Å². The summed E-state index contributed by atoms with van der Waals surface area (Å²) < 4.78 is 130. The van der Waals surface area contributed by atoms with Gasteiger partial charge in [0.05, 0.1) is 45.0 Å². The monoisotopic (exact) mass is 1810 g/mol. The maximum Gasteiger partial charge on any atom is 0.488 e. The van der Waals surface area contributed by atoms with Gasteiger partial charge in [-0.05, 0) is 199 Å². The molecule has 2 saturated heterocycles. The zero-order valence-corrected chi connectivity index (χ0v) is 66.1. The lowest BCUT2D eigenvalue weighted by atomic mass is 9.79. The van der Waals surface area contributed by atoms with E-state index in [9.17, 15) is 77.9 Å². The van der Waals surface area contributed by atoms with Gasteiger partial charge in [-0.2, -0.15) is 39.5 Å². The molecule has 2 fully saturated rings. The molecule has 0 spiro atoms. The summed E-state index contributed by atoms with van der Waals surface area (Å²) in [7, 11) is -1.94. The molecule has 0 atom stereocenters. The molecule has 5 N–H and O–H groups in total. The predicted octanol–water partition coefficient (Wildman–Crippen LogP) is 16.4. The largest absolute Gasteiger partial charge is 0.488 e. The summed E-state index contributed by atoms with van der Waals surface area (Å²) in [4.78, 5) is 97.9. The summed E-state index contributed by atoms with van der Waals surface area (Å²) in [5.74, 6) is -1.90. The summed E-state index contributed by atoms with van der Waals surface area (Å²) in [6.45, 7) is 7.56. The van der Waals surface area contributed by atoms with Crippen molar-refractivity contribution >= 4 is 162 Å². The number of nitrogens with one attached hydrogen (secondary N) is 2. The fraction of sp³-hybridized carbons (Fsp3) is 0.247. The number of carboxylic acid groups (broad SMARTS) is 1. The number of carbonyl (C=O) groups is 4. The van der Waals surface area contributed by atoms with E-state index in [1.54, 1.807) is 85.9 Å². The van der Waals surface area contributed by atoms with Crippen molar-refractivity contribution in [3.8, 4) is 22.3 Å². The average molecular weight is 1810 g/mol. The number of nitrogens with zero attached hydrogens (tertiary/aromatic N) is 4. The van der Waals surface area contributed by atoms with Gasteiger partial charge in [0.1, 0.15) is 25.0 Å². The topological polar surface area (TPSA) is 262 Å². The number of carboxylic acids is 1. The van der Waals surface area contributed by atoms with Gasteiger partial charge in [0, 0.05) is 68.4 Å². The Kier molecular flexibility index (Phi) is 33.5. The number of pyridine rings is 4. The highest BCUT2D eigenvalue weighted by Crippen LogP contribution is 2.40. The van der Waals surface area contributed by atoms with Crippen molar-refractivity contribution in [2.24, 2.45) is 0 Å². The number of rotatable bonds is 12. The van der Waals surface area contributed by atoms with Gasteiger partial charge in [0.2, 0.25) is 5.91 Å². The molecule has 0 bridgehead atoms. The number of hydrogen-bond donors (Lipinski definition) is 5. The highest BCUT2D eigenvalue weighted by atomic mass is 79.9. The summed E-state index contributed by atoms with van der Waals surface area (Å²) in [6.07, 6.45) is -2.88. The Bertz CT molecular complexity index is 5420. The lowest BCUT2D eigenvalue weighted by molar-refractivity contribution is -0.144. The van der Waals surface area contributed by atoms with Crippen LogP contribution in [0.25, 0.3) is 65.3 Å². The maximum atomic E-state index is 13.2. The number of hydrogen-bond acceptors (Lipinski definition) is 13. The van der Waals surface area contributed by atoms with Gasteiger partial charge in [-0.3, -0.25) is 38.4 Å². The van der Waals surface area contributed by atoms with Crippen LogP contribution in [0.15, 0.2) is 205 Å². The number of aliphatic carboxylic acids is 1. The standard InChI is InChI=1S/C22H18ClF3N2O2.C18H11ClF3NO3.C13H12BrNO3.C9H6BrNO.C7H5BClF3O2.C4H7BrO2.C4H9N/c23-19-6-5-16(12-18(19)22(24,25)26)15-4-3-14-7-10-28(21(30)17(14)11-15)13-20(29)27-8-1-2-9-27;19-15-4-3-12(8-14(15)18(20,21)22)11-2-1-10-5-6-23(9-16(24)25)17(26)13(10)7-11;1-2-18-12(16)8-15-6-5-9-3-4-10(14)7-11(9)13(15)17;10-7-2-1-6-3-4-11-9(12)8(6)5-7;9-6-2-1-4(8(13)14)3-5(6)7(10,11)12;1-2-7-4(6)3-5;1-2-4-5-3-1/h3-7,10-12H,1-2,8-9,13H2;1-8H,9H2,(H,24,25);3-7H,2,8H2,1H3;1-5H,(H,11,12);1-3,13-14H;2-3H2,1H3;5H,1-4H2. The normalized spacial score (nSPS) is 12.4. The lowest BCUT2D eigenvalue weighted by Crippen LogP contribution is -2.34. The van der Waals surface area contributed by atoms with E-state index in [0.29, 0.717) is 81.3 Å². The zero-order valence-electron chi connectivity index (χ0n) is 59.1. The molecule has 592 valence electrons. The highest BCUT2D eigenvalue weighted by Gasteiger charge is 2.36. The van der Waals surface area contributed by atoms with E-state index in [1.165, 1.54) is 65.5 Å². The second-order valence-corrected chi connectivity index (χ2v) is 27.9. The molecule has 112 heavy (non-hydrogen) atoms. The van der Waals surface area contributed by atoms with Crippen LogP contribution in [0.2, 0.25) is 15.1 Å². The van der Waals surface area contributed by atoms with Crippen molar-refractivity contribution in [3.63, 3.8) is 0 Å². The molecule has 35 heteroatoms. The molecule has 4 aromatic heterocycles. The maximum absolute atomic E-state index is 13.2. The minimum absolute atomic E-state index is 0.0474. The van der Waals surface area contributed by atoms with E-state index < -0.39 is 76.4 Å². The SMILES string of the molecule is C1CCNC1.CCOC(=O)CBr.CCOC(=O)Cn1ccc2ccc(Br)cc2c1=O.O=C(Cn1ccc2ccc(-c3ccc(Cl)c(C(F)(F)F)c3)cc2c1=O)N1CCCC1.O=C(O)Cn1ccc2ccc(-c3ccc(Cl)c(C(F)(F)F)c3)cc2c1=O.O=c1[nH]ccc2ccc(Br)cc12.OB(O)c1ccc(Cl)c(C(F)(F)F)c1. The Labute approximate surface area is 673 Å². The van der Waals surface area contributed by atoms with Crippen LogP contribution in [0.5, 0.6) is 0 Å². The molecule has 11 aromatic rings. The number of benzene rings is 7. The first kappa shape index (κ1) is 90.1. The Morgan fingerprint density at radius 1 is 0.482 bits per heavy atom. The van der Waals surface area contributed by atoms with Crippen LogP contribution >= 0.6 is 82.6 Å². The number of amides is 1. The van der Waals surface area contributed by atoms with Gasteiger partial charge in [0.25, 0.3) is 22.2 Å². The number of aromatic amines is 1.